The van der Waals surface area contributed by atoms with Crippen molar-refractivity contribution in [3.05, 3.63) is 58.2 Å². The molecule has 3 rings (SSSR count). The molecule has 1 aliphatic rings. The van der Waals surface area contributed by atoms with Gasteiger partial charge in [-0.1, -0.05) is 30.3 Å². The molecule has 1 aromatic heterocycles. The number of anilines is 1. The lowest BCUT2D eigenvalue weighted by Crippen LogP contribution is -2.48. The Morgan fingerprint density at radius 1 is 1.29 bits per heavy atom. The molecule has 4 heteroatoms. The van der Waals surface area contributed by atoms with E-state index >= 15 is 0 Å². The molecule has 1 aliphatic heterocycles. The number of benzene rings is 1. The van der Waals surface area contributed by atoms with Gasteiger partial charge in [0.25, 0.3) is 0 Å². The molecule has 0 spiro atoms. The zero-order chi connectivity index (χ0) is 14.9. The Hall–Kier alpha value is -1.39. The highest BCUT2D eigenvalue weighted by Gasteiger charge is 2.34. The number of nitrogens with zero attached hydrogens (tertiary/aromatic N) is 2. The maximum absolute atomic E-state index is 6.08. The first-order chi connectivity index (χ1) is 10.1. The van der Waals surface area contributed by atoms with Crippen molar-refractivity contribution in [3.8, 4) is 0 Å². The van der Waals surface area contributed by atoms with Gasteiger partial charge in [0.05, 0.1) is 13.2 Å². The molecule has 21 heavy (non-hydrogen) atoms. The summed E-state index contributed by atoms with van der Waals surface area (Å²) in [5.41, 5.74) is 2.12. The summed E-state index contributed by atoms with van der Waals surface area (Å²) in [6, 6.07) is 12.5. The van der Waals surface area contributed by atoms with Crippen LogP contribution < -0.4 is 4.90 Å². The van der Waals surface area contributed by atoms with E-state index in [2.05, 4.69) is 70.0 Å². The van der Waals surface area contributed by atoms with Crippen LogP contribution in [0.3, 0.4) is 0 Å². The molecule has 0 amide bonds. The average Bonchev–Trinajstić information content (AvgIpc) is 2.51. The van der Waals surface area contributed by atoms with Gasteiger partial charge in [0.2, 0.25) is 0 Å². The van der Waals surface area contributed by atoms with Crippen LogP contribution in [0.2, 0.25) is 0 Å². The van der Waals surface area contributed by atoms with Crippen LogP contribution in [0.15, 0.2) is 47.1 Å². The Kier molecular flexibility index (Phi) is 4.00. The molecule has 2 heterocycles. The molecular formula is C17H19BrN2O. The van der Waals surface area contributed by atoms with Gasteiger partial charge < -0.3 is 9.64 Å². The summed E-state index contributed by atoms with van der Waals surface area (Å²) in [4.78, 5) is 6.85. The summed E-state index contributed by atoms with van der Waals surface area (Å²) < 4.78 is 7.13. The van der Waals surface area contributed by atoms with Crippen molar-refractivity contribution in [1.82, 2.24) is 4.98 Å². The van der Waals surface area contributed by atoms with Crippen LogP contribution in [-0.2, 0) is 10.3 Å². The first kappa shape index (κ1) is 14.5. The van der Waals surface area contributed by atoms with E-state index in [-0.39, 0.29) is 5.60 Å². The maximum atomic E-state index is 6.08. The highest BCUT2D eigenvalue weighted by molar-refractivity contribution is 9.10. The van der Waals surface area contributed by atoms with Crippen LogP contribution in [0.25, 0.3) is 0 Å². The number of hydrogen-bond donors (Lipinski definition) is 0. The summed E-state index contributed by atoms with van der Waals surface area (Å²) in [7, 11) is 0. The maximum Gasteiger partial charge on any atom is 0.129 e. The van der Waals surface area contributed by atoms with E-state index in [1.54, 1.807) is 0 Å². The lowest BCUT2D eigenvalue weighted by Gasteiger charge is -2.41. The summed E-state index contributed by atoms with van der Waals surface area (Å²) in [6.45, 7) is 6.63. The molecule has 1 saturated heterocycles. The van der Waals surface area contributed by atoms with E-state index in [0.717, 1.165) is 23.4 Å². The van der Waals surface area contributed by atoms with E-state index in [1.807, 2.05) is 12.3 Å². The Labute approximate surface area is 134 Å². The highest BCUT2D eigenvalue weighted by atomic mass is 79.9. The minimum atomic E-state index is -0.290. The standard InChI is InChI=1S/C17H19BrN2O/c1-13-10-16(19-11-15(13)18)20-8-9-21-17(2,12-20)14-6-4-3-5-7-14/h3-7,10-11H,8-9,12H2,1-2H3. The minimum Gasteiger partial charge on any atom is -0.367 e. The Bertz CT molecular complexity index is 632. The summed E-state index contributed by atoms with van der Waals surface area (Å²) in [5.74, 6) is 1.01. The number of rotatable bonds is 2. The van der Waals surface area contributed by atoms with Crippen molar-refractivity contribution < 1.29 is 4.74 Å². The van der Waals surface area contributed by atoms with Crippen molar-refractivity contribution in [2.45, 2.75) is 19.4 Å². The Balaban J connectivity index is 1.87. The van der Waals surface area contributed by atoms with Crippen LogP contribution in [0.4, 0.5) is 5.82 Å². The molecular weight excluding hydrogens is 328 g/mol. The Morgan fingerprint density at radius 2 is 2.05 bits per heavy atom. The molecule has 1 unspecified atom stereocenters. The van der Waals surface area contributed by atoms with E-state index in [4.69, 9.17) is 4.74 Å². The van der Waals surface area contributed by atoms with Gasteiger partial charge in [-0.05, 0) is 47.0 Å². The largest absolute Gasteiger partial charge is 0.367 e. The SMILES string of the molecule is Cc1cc(N2CCOC(C)(c3ccccc3)C2)ncc1Br. The number of halogens is 1. The normalized spacial score (nSPS) is 22.3. The average molecular weight is 347 g/mol. The van der Waals surface area contributed by atoms with Crippen LogP contribution in [0.5, 0.6) is 0 Å². The summed E-state index contributed by atoms with van der Waals surface area (Å²) >= 11 is 3.51. The second kappa shape index (κ2) is 5.78. The molecule has 0 bridgehead atoms. The lowest BCUT2D eigenvalue weighted by molar-refractivity contribution is -0.0468. The predicted octanol–water partition coefficient (Wildman–Crippen LogP) is 3.90. The van der Waals surface area contributed by atoms with Crippen molar-refractivity contribution >= 4 is 21.7 Å². The van der Waals surface area contributed by atoms with Gasteiger partial charge in [-0.2, -0.15) is 0 Å². The van der Waals surface area contributed by atoms with Crippen LogP contribution in [0, 0.1) is 6.92 Å². The first-order valence-electron chi connectivity index (χ1n) is 7.15. The molecule has 1 aromatic carbocycles. The fourth-order valence-electron chi connectivity index (χ4n) is 2.73. The third-order valence-electron chi connectivity index (χ3n) is 4.02. The molecule has 3 nitrogen and oxygen atoms in total. The van der Waals surface area contributed by atoms with E-state index < -0.39 is 0 Å². The van der Waals surface area contributed by atoms with Crippen LogP contribution in [0.1, 0.15) is 18.1 Å². The van der Waals surface area contributed by atoms with Crippen molar-refractivity contribution in [3.63, 3.8) is 0 Å². The van der Waals surface area contributed by atoms with Crippen molar-refractivity contribution in [2.75, 3.05) is 24.6 Å². The number of morpholine rings is 1. The number of pyridine rings is 1. The topological polar surface area (TPSA) is 25.4 Å². The van der Waals surface area contributed by atoms with Gasteiger partial charge >= 0.3 is 0 Å². The molecule has 0 N–H and O–H groups in total. The Morgan fingerprint density at radius 3 is 2.76 bits per heavy atom. The van der Waals surface area contributed by atoms with Gasteiger partial charge in [0.15, 0.2) is 0 Å². The molecule has 0 radical (unpaired) electrons. The lowest BCUT2D eigenvalue weighted by atomic mass is 9.94. The third-order valence-corrected chi connectivity index (χ3v) is 4.85. The van der Waals surface area contributed by atoms with Crippen LogP contribution >= 0.6 is 15.9 Å². The number of aromatic nitrogens is 1. The molecule has 0 aliphatic carbocycles. The van der Waals surface area contributed by atoms with Gasteiger partial charge in [-0.25, -0.2) is 4.98 Å². The third kappa shape index (κ3) is 2.97. The predicted molar refractivity (Wildman–Crippen MR) is 88.6 cm³/mol. The number of aryl methyl sites for hydroxylation is 1. The van der Waals surface area contributed by atoms with E-state index in [0.29, 0.717) is 6.61 Å². The number of ether oxygens (including phenoxy) is 1. The summed E-state index contributed by atoms with van der Waals surface area (Å²) in [6.07, 6.45) is 1.87. The van der Waals surface area contributed by atoms with Crippen molar-refractivity contribution in [2.24, 2.45) is 0 Å². The highest BCUT2D eigenvalue weighted by Crippen LogP contribution is 2.31. The second-order valence-corrected chi connectivity index (χ2v) is 6.51. The van der Waals surface area contributed by atoms with Gasteiger partial charge in [-0.3, -0.25) is 0 Å². The molecule has 1 fully saturated rings. The van der Waals surface area contributed by atoms with Gasteiger partial charge in [0.1, 0.15) is 11.4 Å². The zero-order valence-electron chi connectivity index (χ0n) is 12.3. The minimum absolute atomic E-state index is 0.290. The molecule has 0 saturated carbocycles. The van der Waals surface area contributed by atoms with Gasteiger partial charge in [-0.15, -0.1) is 0 Å². The van der Waals surface area contributed by atoms with Crippen molar-refractivity contribution in [1.29, 1.82) is 0 Å². The summed E-state index contributed by atoms with van der Waals surface area (Å²) in [5, 5.41) is 0. The fraction of sp³-hybridized carbons (Fsp3) is 0.353. The number of hydrogen-bond acceptors (Lipinski definition) is 3. The van der Waals surface area contributed by atoms with Gasteiger partial charge in [0, 0.05) is 17.2 Å². The first-order valence-corrected chi connectivity index (χ1v) is 7.94. The zero-order valence-corrected chi connectivity index (χ0v) is 13.9. The molecule has 2 aromatic rings. The van der Waals surface area contributed by atoms with E-state index in [1.165, 1.54) is 11.1 Å². The molecule has 1 atom stereocenters. The van der Waals surface area contributed by atoms with Crippen LogP contribution in [-0.4, -0.2) is 24.7 Å². The molecule has 110 valence electrons. The monoisotopic (exact) mass is 346 g/mol. The second-order valence-electron chi connectivity index (χ2n) is 5.66. The van der Waals surface area contributed by atoms with E-state index in [9.17, 15) is 0 Å². The quantitative estimate of drug-likeness (QED) is 0.824. The smallest absolute Gasteiger partial charge is 0.129 e. The fourth-order valence-corrected chi connectivity index (χ4v) is 2.95.